The lowest BCUT2D eigenvalue weighted by molar-refractivity contribution is -0.145. The quantitative estimate of drug-likeness (QED) is 0.825. The standard InChI is InChI=1S/C15H22N4O2/c1-17-9-5-12(10-14(17)20)15(21)19-8-2-4-13(19)11-18-7-3-6-16-18/h3,6-7,12-13H,2,4-5,8-11H2,1H3/t12-,13-/m1/s1. The van der Waals surface area contributed by atoms with Crippen LogP contribution in [0.4, 0.5) is 0 Å². The van der Waals surface area contributed by atoms with Crippen molar-refractivity contribution >= 4 is 11.8 Å². The average molecular weight is 290 g/mol. The fourth-order valence-electron chi connectivity index (χ4n) is 3.33. The number of hydrogen-bond donors (Lipinski definition) is 0. The van der Waals surface area contributed by atoms with Crippen molar-refractivity contribution in [3.8, 4) is 0 Å². The Hall–Kier alpha value is -1.85. The number of aromatic nitrogens is 2. The van der Waals surface area contributed by atoms with Gasteiger partial charge in [-0.3, -0.25) is 14.3 Å². The summed E-state index contributed by atoms with van der Waals surface area (Å²) >= 11 is 0. The normalized spacial score (nSPS) is 26.4. The van der Waals surface area contributed by atoms with Crippen LogP contribution >= 0.6 is 0 Å². The van der Waals surface area contributed by atoms with Crippen LogP contribution in [-0.4, -0.2) is 57.6 Å². The molecule has 1 aromatic rings. The van der Waals surface area contributed by atoms with Gasteiger partial charge in [0.05, 0.1) is 12.6 Å². The first-order valence-electron chi connectivity index (χ1n) is 7.67. The zero-order chi connectivity index (χ0) is 14.8. The highest BCUT2D eigenvalue weighted by Crippen LogP contribution is 2.26. The molecule has 0 aromatic carbocycles. The van der Waals surface area contributed by atoms with E-state index in [1.165, 1.54) is 0 Å². The lowest BCUT2D eigenvalue weighted by Crippen LogP contribution is -2.46. The smallest absolute Gasteiger partial charge is 0.226 e. The number of amides is 2. The van der Waals surface area contributed by atoms with Gasteiger partial charge >= 0.3 is 0 Å². The molecule has 2 aliphatic heterocycles. The molecule has 2 amide bonds. The lowest BCUT2D eigenvalue weighted by Gasteiger charge is -2.33. The maximum atomic E-state index is 12.7. The Morgan fingerprint density at radius 1 is 1.38 bits per heavy atom. The molecule has 6 heteroatoms. The maximum absolute atomic E-state index is 12.7. The molecule has 3 heterocycles. The van der Waals surface area contributed by atoms with Crippen LogP contribution in [0.3, 0.4) is 0 Å². The third-order valence-electron chi connectivity index (χ3n) is 4.63. The van der Waals surface area contributed by atoms with Gasteiger partial charge in [-0.25, -0.2) is 0 Å². The van der Waals surface area contributed by atoms with Gasteiger partial charge in [0, 0.05) is 44.9 Å². The molecule has 2 fully saturated rings. The zero-order valence-corrected chi connectivity index (χ0v) is 12.4. The predicted molar refractivity (Wildman–Crippen MR) is 77.3 cm³/mol. The van der Waals surface area contributed by atoms with E-state index >= 15 is 0 Å². The van der Waals surface area contributed by atoms with E-state index in [1.54, 1.807) is 18.1 Å². The van der Waals surface area contributed by atoms with Gasteiger partial charge in [-0.15, -0.1) is 0 Å². The van der Waals surface area contributed by atoms with Crippen LogP contribution in [0.2, 0.25) is 0 Å². The van der Waals surface area contributed by atoms with Gasteiger partial charge < -0.3 is 9.80 Å². The zero-order valence-electron chi connectivity index (χ0n) is 12.4. The largest absolute Gasteiger partial charge is 0.346 e. The van der Waals surface area contributed by atoms with Gasteiger partial charge in [-0.2, -0.15) is 5.10 Å². The van der Waals surface area contributed by atoms with E-state index in [1.807, 2.05) is 21.8 Å². The first-order chi connectivity index (χ1) is 10.1. The third kappa shape index (κ3) is 2.94. The number of rotatable bonds is 3. The first-order valence-corrected chi connectivity index (χ1v) is 7.67. The van der Waals surface area contributed by atoms with Gasteiger partial charge in [0.1, 0.15) is 0 Å². The number of hydrogen-bond acceptors (Lipinski definition) is 3. The number of nitrogens with zero attached hydrogens (tertiary/aromatic N) is 4. The second-order valence-corrected chi connectivity index (χ2v) is 6.06. The summed E-state index contributed by atoms with van der Waals surface area (Å²) in [5.41, 5.74) is 0. The molecule has 3 rings (SSSR count). The number of piperidine rings is 1. The molecule has 2 aliphatic rings. The summed E-state index contributed by atoms with van der Waals surface area (Å²) in [6, 6.07) is 2.11. The summed E-state index contributed by atoms with van der Waals surface area (Å²) in [4.78, 5) is 28.2. The van der Waals surface area contributed by atoms with E-state index in [-0.39, 0.29) is 23.8 Å². The van der Waals surface area contributed by atoms with Crippen molar-refractivity contribution in [3.63, 3.8) is 0 Å². The van der Waals surface area contributed by atoms with Crippen LogP contribution in [-0.2, 0) is 16.1 Å². The topological polar surface area (TPSA) is 58.4 Å². The minimum atomic E-state index is -0.132. The molecule has 0 bridgehead atoms. The monoisotopic (exact) mass is 290 g/mol. The fourth-order valence-corrected chi connectivity index (χ4v) is 3.33. The van der Waals surface area contributed by atoms with Crippen LogP contribution in [0, 0.1) is 5.92 Å². The molecular formula is C15H22N4O2. The molecule has 21 heavy (non-hydrogen) atoms. The van der Waals surface area contributed by atoms with E-state index in [0.717, 1.165) is 32.4 Å². The Labute approximate surface area is 124 Å². The van der Waals surface area contributed by atoms with Crippen LogP contribution < -0.4 is 0 Å². The van der Waals surface area contributed by atoms with Gasteiger partial charge in [0.15, 0.2) is 0 Å². The van der Waals surface area contributed by atoms with E-state index in [4.69, 9.17) is 0 Å². The van der Waals surface area contributed by atoms with Crippen molar-refractivity contribution in [1.29, 1.82) is 0 Å². The molecule has 0 spiro atoms. The Kier molecular flexibility index (Phi) is 3.94. The Bertz CT molecular complexity index is 514. The van der Waals surface area contributed by atoms with E-state index in [9.17, 15) is 9.59 Å². The van der Waals surface area contributed by atoms with Crippen molar-refractivity contribution in [2.75, 3.05) is 20.1 Å². The number of carbonyl (C=O) groups is 2. The molecular weight excluding hydrogens is 268 g/mol. The molecule has 0 saturated carbocycles. The van der Waals surface area contributed by atoms with Gasteiger partial charge in [0.2, 0.25) is 11.8 Å². The van der Waals surface area contributed by atoms with Gasteiger partial charge in [-0.1, -0.05) is 0 Å². The fraction of sp³-hybridized carbons (Fsp3) is 0.667. The summed E-state index contributed by atoms with van der Waals surface area (Å²) in [6.07, 6.45) is 6.90. The van der Waals surface area contributed by atoms with Crippen molar-refractivity contribution in [2.45, 2.75) is 38.3 Å². The van der Waals surface area contributed by atoms with Gasteiger partial charge in [0.25, 0.3) is 0 Å². The molecule has 0 N–H and O–H groups in total. The van der Waals surface area contributed by atoms with E-state index in [2.05, 4.69) is 5.10 Å². The van der Waals surface area contributed by atoms with Crippen LogP contribution in [0.1, 0.15) is 25.7 Å². The summed E-state index contributed by atoms with van der Waals surface area (Å²) < 4.78 is 1.88. The Morgan fingerprint density at radius 3 is 2.95 bits per heavy atom. The highest BCUT2D eigenvalue weighted by atomic mass is 16.2. The molecule has 114 valence electrons. The Balaban J connectivity index is 1.64. The SMILES string of the molecule is CN1CC[C@@H](C(=O)N2CCC[C@@H]2Cn2cccn2)CC1=O. The highest BCUT2D eigenvalue weighted by Gasteiger charge is 2.36. The summed E-state index contributed by atoms with van der Waals surface area (Å²) in [6.45, 7) is 2.25. The lowest BCUT2D eigenvalue weighted by atomic mass is 9.94. The molecule has 1 aromatic heterocycles. The molecule has 0 radical (unpaired) electrons. The second-order valence-electron chi connectivity index (χ2n) is 6.06. The van der Waals surface area contributed by atoms with Crippen LogP contribution in [0.15, 0.2) is 18.5 Å². The van der Waals surface area contributed by atoms with Crippen LogP contribution in [0.5, 0.6) is 0 Å². The minimum absolute atomic E-state index is 0.0856. The third-order valence-corrected chi connectivity index (χ3v) is 4.63. The molecule has 0 unspecified atom stereocenters. The van der Waals surface area contributed by atoms with E-state index in [0.29, 0.717) is 13.0 Å². The minimum Gasteiger partial charge on any atom is -0.346 e. The van der Waals surface area contributed by atoms with Crippen molar-refractivity contribution in [1.82, 2.24) is 19.6 Å². The first kappa shape index (κ1) is 14.1. The van der Waals surface area contributed by atoms with Crippen molar-refractivity contribution in [3.05, 3.63) is 18.5 Å². The number of likely N-dealkylation sites (tertiary alicyclic amines) is 2. The summed E-state index contributed by atoms with van der Waals surface area (Å²) in [5.74, 6) is 0.112. The van der Waals surface area contributed by atoms with Gasteiger partial charge in [-0.05, 0) is 25.3 Å². The molecule has 2 saturated heterocycles. The second kappa shape index (κ2) is 5.87. The average Bonchev–Trinajstić information content (AvgIpc) is 3.13. The molecule has 2 atom stereocenters. The van der Waals surface area contributed by atoms with E-state index < -0.39 is 0 Å². The molecule has 0 aliphatic carbocycles. The summed E-state index contributed by atoms with van der Waals surface area (Å²) in [7, 11) is 1.80. The van der Waals surface area contributed by atoms with Crippen LogP contribution in [0.25, 0.3) is 0 Å². The van der Waals surface area contributed by atoms with Crippen molar-refractivity contribution in [2.24, 2.45) is 5.92 Å². The van der Waals surface area contributed by atoms with Crippen molar-refractivity contribution < 1.29 is 9.59 Å². The predicted octanol–water partition coefficient (Wildman–Crippen LogP) is 0.742. The number of carbonyl (C=O) groups excluding carboxylic acids is 2. The highest BCUT2D eigenvalue weighted by molar-refractivity contribution is 5.87. The maximum Gasteiger partial charge on any atom is 0.226 e. The molecule has 6 nitrogen and oxygen atoms in total. The Morgan fingerprint density at radius 2 is 2.24 bits per heavy atom. The summed E-state index contributed by atoms with van der Waals surface area (Å²) in [5, 5.41) is 4.23.